The van der Waals surface area contributed by atoms with Gasteiger partial charge in [0, 0.05) is 30.1 Å². The number of carbonyl (C=O) groups excluding carboxylic acids is 1. The molecule has 0 bridgehead atoms. The van der Waals surface area contributed by atoms with Crippen LogP contribution in [0.4, 0.5) is 10.1 Å². The second-order valence-electron chi connectivity index (χ2n) is 10.4. The zero-order chi connectivity index (χ0) is 26.9. The van der Waals surface area contributed by atoms with Gasteiger partial charge in [0.2, 0.25) is 0 Å². The Bertz CT molecular complexity index is 1480. The molecule has 2 unspecified atom stereocenters. The summed E-state index contributed by atoms with van der Waals surface area (Å²) in [6, 6.07) is 19.7. The van der Waals surface area contributed by atoms with Gasteiger partial charge in [0.05, 0.1) is 28.0 Å². The fourth-order valence-corrected chi connectivity index (χ4v) is 6.25. The van der Waals surface area contributed by atoms with Gasteiger partial charge < -0.3 is 10.2 Å². The van der Waals surface area contributed by atoms with Crippen molar-refractivity contribution in [1.82, 2.24) is 10.2 Å². The maximum atomic E-state index is 13.8. The van der Waals surface area contributed by atoms with Crippen molar-refractivity contribution in [3.05, 3.63) is 99.3 Å². The summed E-state index contributed by atoms with van der Waals surface area (Å²) in [7, 11) is 0. The van der Waals surface area contributed by atoms with Gasteiger partial charge in [-0.05, 0) is 92.4 Å². The number of hydrogen-bond donors (Lipinski definition) is 1. The topological polar surface area (TPSA) is 71.7 Å². The Balaban J connectivity index is 1.33. The number of rotatable bonds is 6. The molecular formula is C31H29ClFN5O. The van der Waals surface area contributed by atoms with Crippen molar-refractivity contribution in [2.24, 2.45) is 11.0 Å². The Morgan fingerprint density at radius 3 is 2.64 bits per heavy atom. The normalized spacial score (nSPS) is 20.2. The molecule has 198 valence electrons. The Hall–Kier alpha value is -3.73. The van der Waals surface area contributed by atoms with E-state index in [0.717, 1.165) is 60.6 Å². The lowest BCUT2D eigenvalue weighted by molar-refractivity contribution is 0.0949. The first-order valence-electron chi connectivity index (χ1n) is 13.5. The SMILES string of the molecule is N#Cc1ccc(N2N=C3c4cc(C(=O)NCCN5CCCC5)ccc4CCC3C2c2ccc(F)cc2)cc1Cl. The van der Waals surface area contributed by atoms with E-state index in [1.165, 1.54) is 25.0 Å². The van der Waals surface area contributed by atoms with Crippen molar-refractivity contribution >= 4 is 28.9 Å². The van der Waals surface area contributed by atoms with E-state index in [2.05, 4.69) is 16.3 Å². The number of nitrogens with one attached hydrogen (secondary N) is 1. The molecule has 3 aromatic rings. The fourth-order valence-electron chi connectivity index (χ4n) is 6.03. The molecule has 2 aliphatic heterocycles. The van der Waals surface area contributed by atoms with Crippen molar-refractivity contribution < 1.29 is 9.18 Å². The number of benzene rings is 3. The molecule has 0 aromatic heterocycles. The largest absolute Gasteiger partial charge is 0.351 e. The van der Waals surface area contributed by atoms with E-state index >= 15 is 0 Å². The summed E-state index contributed by atoms with van der Waals surface area (Å²) in [6.07, 6.45) is 4.19. The molecule has 1 N–H and O–H groups in total. The number of nitriles is 1. The molecule has 6 nitrogen and oxygen atoms in total. The molecule has 1 fully saturated rings. The number of anilines is 1. The van der Waals surface area contributed by atoms with Crippen molar-refractivity contribution in [3.8, 4) is 6.07 Å². The molecule has 39 heavy (non-hydrogen) atoms. The van der Waals surface area contributed by atoms with Gasteiger partial charge in [0.25, 0.3) is 5.91 Å². The van der Waals surface area contributed by atoms with Gasteiger partial charge in [-0.2, -0.15) is 10.4 Å². The van der Waals surface area contributed by atoms with Crippen LogP contribution in [0, 0.1) is 23.1 Å². The number of hydrazone groups is 1. The molecule has 8 heteroatoms. The summed E-state index contributed by atoms with van der Waals surface area (Å²) in [4.78, 5) is 15.4. The van der Waals surface area contributed by atoms with Crippen LogP contribution in [-0.2, 0) is 6.42 Å². The summed E-state index contributed by atoms with van der Waals surface area (Å²) < 4.78 is 13.8. The smallest absolute Gasteiger partial charge is 0.251 e. The minimum absolute atomic E-state index is 0.0471. The van der Waals surface area contributed by atoms with Crippen molar-refractivity contribution in [2.75, 3.05) is 31.2 Å². The quantitative estimate of drug-likeness (QED) is 0.434. The van der Waals surface area contributed by atoms with E-state index < -0.39 is 0 Å². The van der Waals surface area contributed by atoms with Crippen LogP contribution in [0.3, 0.4) is 0 Å². The van der Waals surface area contributed by atoms with Crippen molar-refractivity contribution in [3.63, 3.8) is 0 Å². The van der Waals surface area contributed by atoms with Crippen molar-refractivity contribution in [1.29, 1.82) is 5.26 Å². The Labute approximate surface area is 232 Å². The van der Waals surface area contributed by atoms with Crippen LogP contribution in [0.2, 0.25) is 5.02 Å². The number of carbonyl (C=O) groups is 1. The lowest BCUT2D eigenvalue weighted by atomic mass is 9.77. The summed E-state index contributed by atoms with van der Waals surface area (Å²) in [5, 5.41) is 19.8. The predicted molar refractivity (Wildman–Crippen MR) is 151 cm³/mol. The van der Waals surface area contributed by atoms with Crippen LogP contribution in [0.5, 0.6) is 0 Å². The van der Waals surface area contributed by atoms with E-state index in [1.54, 1.807) is 24.3 Å². The van der Waals surface area contributed by atoms with Gasteiger partial charge in [-0.3, -0.25) is 9.80 Å². The number of halogens is 2. The first-order chi connectivity index (χ1) is 19.0. The molecule has 3 aliphatic rings. The monoisotopic (exact) mass is 541 g/mol. The van der Waals surface area contributed by atoms with Crippen LogP contribution >= 0.6 is 11.6 Å². The summed E-state index contributed by atoms with van der Waals surface area (Å²) >= 11 is 6.40. The highest BCUT2D eigenvalue weighted by Gasteiger charge is 2.42. The first kappa shape index (κ1) is 25.5. The summed E-state index contributed by atoms with van der Waals surface area (Å²) in [6.45, 7) is 3.70. The van der Waals surface area contributed by atoms with E-state index in [9.17, 15) is 14.4 Å². The summed E-state index contributed by atoms with van der Waals surface area (Å²) in [5.41, 5.74) is 5.78. The standard InChI is InChI=1S/C31H29ClFN5O/c32-28-18-25(11-7-23(28)19-34)38-30(21-5-9-24(33)10-6-21)26-12-8-20-3-4-22(17-27(20)29(26)36-38)31(39)35-13-16-37-14-1-2-15-37/h3-7,9-11,17-18,26,30H,1-2,8,12-16H2,(H,35,39). The molecule has 1 saturated heterocycles. The van der Waals surface area contributed by atoms with Crippen LogP contribution in [0.1, 0.15) is 57.9 Å². The third-order valence-corrected chi connectivity index (χ3v) is 8.36. The maximum Gasteiger partial charge on any atom is 0.251 e. The highest BCUT2D eigenvalue weighted by atomic mass is 35.5. The zero-order valence-electron chi connectivity index (χ0n) is 21.5. The first-order valence-corrected chi connectivity index (χ1v) is 13.9. The number of amides is 1. The molecule has 2 heterocycles. The van der Waals surface area contributed by atoms with Gasteiger partial charge >= 0.3 is 0 Å². The number of fused-ring (bicyclic) bond motifs is 3. The number of nitrogens with zero attached hydrogens (tertiary/aromatic N) is 4. The number of aryl methyl sites for hydroxylation is 1. The Morgan fingerprint density at radius 2 is 1.90 bits per heavy atom. The molecule has 1 aliphatic carbocycles. The van der Waals surface area contributed by atoms with E-state index in [1.807, 2.05) is 29.3 Å². The minimum atomic E-state index is -0.291. The second kappa shape index (κ2) is 10.8. The predicted octanol–water partition coefficient (Wildman–Crippen LogP) is 5.70. The maximum absolute atomic E-state index is 13.8. The third-order valence-electron chi connectivity index (χ3n) is 8.05. The molecular weight excluding hydrogens is 513 g/mol. The third kappa shape index (κ3) is 5.03. The highest BCUT2D eigenvalue weighted by Crippen LogP contribution is 2.46. The minimum Gasteiger partial charge on any atom is -0.351 e. The molecule has 0 saturated carbocycles. The molecule has 0 radical (unpaired) electrons. The Morgan fingerprint density at radius 1 is 1.10 bits per heavy atom. The Kier molecular flexibility index (Phi) is 7.07. The van der Waals surface area contributed by atoms with Crippen LogP contribution in [-0.4, -0.2) is 42.7 Å². The van der Waals surface area contributed by atoms with Gasteiger partial charge in [-0.1, -0.05) is 29.8 Å². The van der Waals surface area contributed by atoms with Crippen molar-refractivity contribution in [2.45, 2.75) is 31.7 Å². The zero-order valence-corrected chi connectivity index (χ0v) is 22.3. The molecule has 6 rings (SSSR count). The molecule has 0 spiro atoms. The van der Waals surface area contributed by atoms with E-state index in [0.29, 0.717) is 22.7 Å². The summed E-state index contributed by atoms with van der Waals surface area (Å²) in [5.74, 6) is -0.324. The molecule has 2 atom stereocenters. The fraction of sp³-hybridized carbons (Fsp3) is 0.323. The van der Waals surface area contributed by atoms with Crippen LogP contribution < -0.4 is 10.3 Å². The van der Waals surface area contributed by atoms with Crippen LogP contribution in [0.15, 0.2) is 65.8 Å². The van der Waals surface area contributed by atoms with E-state index in [4.69, 9.17) is 16.7 Å². The van der Waals surface area contributed by atoms with Gasteiger partial charge in [0.15, 0.2) is 0 Å². The lowest BCUT2D eigenvalue weighted by Gasteiger charge is -2.31. The van der Waals surface area contributed by atoms with Gasteiger partial charge in [0.1, 0.15) is 11.9 Å². The number of likely N-dealkylation sites (tertiary alicyclic amines) is 1. The average Bonchev–Trinajstić information content (AvgIpc) is 3.61. The van der Waals surface area contributed by atoms with E-state index in [-0.39, 0.29) is 23.7 Å². The lowest BCUT2D eigenvalue weighted by Crippen LogP contribution is -2.33. The average molecular weight is 542 g/mol. The van der Waals surface area contributed by atoms with Gasteiger partial charge in [-0.25, -0.2) is 4.39 Å². The molecule has 1 amide bonds. The van der Waals surface area contributed by atoms with Crippen LogP contribution in [0.25, 0.3) is 0 Å². The second-order valence-corrected chi connectivity index (χ2v) is 10.8. The highest BCUT2D eigenvalue weighted by molar-refractivity contribution is 6.32. The number of hydrogen-bond acceptors (Lipinski definition) is 5. The molecule has 3 aromatic carbocycles. The van der Waals surface area contributed by atoms with Gasteiger partial charge in [-0.15, -0.1) is 0 Å².